The third-order valence-corrected chi connectivity index (χ3v) is 9.75. The summed E-state index contributed by atoms with van der Waals surface area (Å²) in [5.41, 5.74) is 1.81. The van der Waals surface area contributed by atoms with Gasteiger partial charge in [-0.25, -0.2) is 21.1 Å². The summed E-state index contributed by atoms with van der Waals surface area (Å²) in [6.07, 6.45) is 0.159. The first-order valence-electron chi connectivity index (χ1n) is 11.1. The molecule has 0 unspecified atom stereocenters. The standard InChI is InChI=1S/C25H27N3O6S2/c1-27(2)35(30,31)21-13-14-24(34-3)22(16-21)26-25(29)23-15-18-9-7-8-10-19(18)17-28(23)36(32,33)20-11-5-4-6-12-20/h4-14,16,23H,15,17H2,1-3H3,(H,26,29)/t23-/m0/s1. The smallest absolute Gasteiger partial charge is 0.244 e. The third-order valence-electron chi connectivity index (χ3n) is 6.07. The van der Waals surface area contributed by atoms with E-state index in [2.05, 4.69) is 5.32 Å². The summed E-state index contributed by atoms with van der Waals surface area (Å²) in [5.74, 6) is -0.351. The molecule has 190 valence electrons. The maximum atomic E-state index is 13.6. The molecule has 0 bridgehead atoms. The Labute approximate surface area is 211 Å². The molecule has 1 aliphatic rings. The minimum absolute atomic E-state index is 0.0255. The van der Waals surface area contributed by atoms with Crippen molar-refractivity contribution in [3.8, 4) is 5.75 Å². The highest BCUT2D eigenvalue weighted by Gasteiger charge is 2.40. The molecule has 1 N–H and O–H groups in total. The van der Waals surface area contributed by atoms with Gasteiger partial charge in [0.05, 0.1) is 22.6 Å². The summed E-state index contributed by atoms with van der Waals surface area (Å²) in [4.78, 5) is 13.6. The summed E-state index contributed by atoms with van der Waals surface area (Å²) < 4.78 is 60.0. The fourth-order valence-electron chi connectivity index (χ4n) is 4.08. The Morgan fingerprint density at radius 1 is 0.917 bits per heavy atom. The molecule has 1 atom stereocenters. The summed E-state index contributed by atoms with van der Waals surface area (Å²) in [7, 11) is -3.58. The van der Waals surface area contributed by atoms with Gasteiger partial charge in [0.25, 0.3) is 0 Å². The van der Waals surface area contributed by atoms with Gasteiger partial charge >= 0.3 is 0 Å². The van der Waals surface area contributed by atoms with Crippen LogP contribution in [0.3, 0.4) is 0 Å². The molecule has 0 fully saturated rings. The van der Waals surface area contributed by atoms with Crippen LogP contribution in [0.15, 0.2) is 82.6 Å². The maximum absolute atomic E-state index is 13.6. The Morgan fingerprint density at radius 3 is 2.19 bits per heavy atom. The van der Waals surface area contributed by atoms with Crippen LogP contribution in [0.25, 0.3) is 0 Å². The van der Waals surface area contributed by atoms with Gasteiger partial charge in [0.2, 0.25) is 26.0 Å². The van der Waals surface area contributed by atoms with Crippen LogP contribution >= 0.6 is 0 Å². The van der Waals surface area contributed by atoms with Gasteiger partial charge in [-0.2, -0.15) is 4.31 Å². The van der Waals surface area contributed by atoms with Gasteiger partial charge in [0.1, 0.15) is 11.8 Å². The van der Waals surface area contributed by atoms with Crippen molar-refractivity contribution in [2.75, 3.05) is 26.5 Å². The van der Waals surface area contributed by atoms with Crippen molar-refractivity contribution in [3.05, 3.63) is 83.9 Å². The normalized spacial score (nSPS) is 16.4. The lowest BCUT2D eigenvalue weighted by atomic mass is 9.95. The maximum Gasteiger partial charge on any atom is 0.244 e. The SMILES string of the molecule is COc1ccc(S(=O)(=O)N(C)C)cc1NC(=O)[C@@H]1Cc2ccccc2CN1S(=O)(=O)c1ccccc1. The minimum Gasteiger partial charge on any atom is -0.495 e. The zero-order valence-corrected chi connectivity index (χ0v) is 21.7. The molecular weight excluding hydrogens is 502 g/mol. The number of carbonyl (C=O) groups is 1. The van der Waals surface area contributed by atoms with Gasteiger partial charge in [0.15, 0.2) is 0 Å². The van der Waals surface area contributed by atoms with Crippen LogP contribution in [0.2, 0.25) is 0 Å². The van der Waals surface area contributed by atoms with Crippen LogP contribution in [0.5, 0.6) is 5.75 Å². The van der Waals surface area contributed by atoms with Crippen LogP contribution in [0, 0.1) is 0 Å². The number of hydrogen-bond donors (Lipinski definition) is 1. The second-order valence-corrected chi connectivity index (χ2v) is 12.5. The predicted molar refractivity (Wildman–Crippen MR) is 136 cm³/mol. The monoisotopic (exact) mass is 529 g/mol. The summed E-state index contributed by atoms with van der Waals surface area (Å²) in [6.45, 7) is 0.0255. The molecule has 0 aromatic heterocycles. The van der Waals surface area contributed by atoms with Crippen LogP contribution < -0.4 is 10.1 Å². The number of hydrogen-bond acceptors (Lipinski definition) is 6. The fourth-order valence-corrected chi connectivity index (χ4v) is 6.59. The Morgan fingerprint density at radius 2 is 1.56 bits per heavy atom. The van der Waals surface area contributed by atoms with Crippen molar-refractivity contribution in [3.63, 3.8) is 0 Å². The Kier molecular flexibility index (Phi) is 7.19. The van der Waals surface area contributed by atoms with Gasteiger partial charge in [-0.3, -0.25) is 4.79 Å². The third kappa shape index (κ3) is 4.87. The van der Waals surface area contributed by atoms with Crippen molar-refractivity contribution in [2.24, 2.45) is 0 Å². The second kappa shape index (κ2) is 10.0. The number of rotatable bonds is 7. The minimum atomic E-state index is -4.01. The highest BCUT2D eigenvalue weighted by atomic mass is 32.2. The lowest BCUT2D eigenvalue weighted by Gasteiger charge is -2.35. The van der Waals surface area contributed by atoms with Crippen molar-refractivity contribution < 1.29 is 26.4 Å². The van der Waals surface area contributed by atoms with Crippen LogP contribution in [0.4, 0.5) is 5.69 Å². The van der Waals surface area contributed by atoms with Gasteiger partial charge in [-0.1, -0.05) is 42.5 Å². The fraction of sp³-hybridized carbons (Fsp3) is 0.240. The van der Waals surface area contributed by atoms with E-state index in [4.69, 9.17) is 4.74 Å². The Hall–Kier alpha value is -3.25. The second-order valence-electron chi connectivity index (χ2n) is 8.49. The van der Waals surface area contributed by atoms with Crippen LogP contribution in [0.1, 0.15) is 11.1 Å². The number of fused-ring (bicyclic) bond motifs is 1. The quantitative estimate of drug-likeness (QED) is 0.504. The number of benzene rings is 3. The number of nitrogens with one attached hydrogen (secondary N) is 1. The lowest BCUT2D eigenvalue weighted by molar-refractivity contribution is -0.120. The number of carbonyl (C=O) groups excluding carboxylic acids is 1. The first kappa shape index (κ1) is 25.8. The molecule has 4 rings (SSSR count). The summed E-state index contributed by atoms with van der Waals surface area (Å²) in [5, 5.41) is 2.71. The number of sulfonamides is 2. The first-order valence-corrected chi connectivity index (χ1v) is 14.0. The van der Waals surface area contributed by atoms with Gasteiger partial charge in [-0.15, -0.1) is 0 Å². The largest absolute Gasteiger partial charge is 0.495 e. The Bertz CT molecular complexity index is 1490. The number of amides is 1. The first-order chi connectivity index (χ1) is 17.1. The zero-order chi connectivity index (χ0) is 26.1. The highest BCUT2D eigenvalue weighted by Crippen LogP contribution is 2.32. The molecule has 9 nitrogen and oxygen atoms in total. The average Bonchev–Trinajstić information content (AvgIpc) is 2.88. The molecule has 1 aliphatic heterocycles. The topological polar surface area (TPSA) is 113 Å². The highest BCUT2D eigenvalue weighted by molar-refractivity contribution is 7.89. The number of ether oxygens (including phenoxy) is 1. The van der Waals surface area contributed by atoms with Crippen molar-refractivity contribution in [1.82, 2.24) is 8.61 Å². The van der Waals surface area contributed by atoms with E-state index < -0.39 is 32.0 Å². The van der Waals surface area contributed by atoms with E-state index in [-0.39, 0.29) is 34.2 Å². The molecule has 1 amide bonds. The molecule has 0 spiro atoms. The molecule has 0 aliphatic carbocycles. The molecular formula is C25H27N3O6S2. The zero-order valence-electron chi connectivity index (χ0n) is 20.1. The van der Waals surface area contributed by atoms with Gasteiger partial charge in [0, 0.05) is 20.6 Å². The van der Waals surface area contributed by atoms with E-state index in [9.17, 15) is 21.6 Å². The molecule has 0 radical (unpaired) electrons. The molecule has 0 saturated heterocycles. The van der Waals surface area contributed by atoms with Gasteiger partial charge < -0.3 is 10.1 Å². The van der Waals surface area contributed by atoms with E-state index in [1.165, 1.54) is 55.8 Å². The van der Waals surface area contributed by atoms with Gasteiger partial charge in [-0.05, 0) is 47.9 Å². The predicted octanol–water partition coefficient (Wildman–Crippen LogP) is 2.70. The average molecular weight is 530 g/mol. The number of methoxy groups -OCH3 is 1. The van der Waals surface area contributed by atoms with Crippen molar-refractivity contribution in [1.29, 1.82) is 0 Å². The van der Waals surface area contributed by atoms with E-state index in [1.54, 1.807) is 18.2 Å². The van der Waals surface area contributed by atoms with Crippen molar-refractivity contribution >= 4 is 31.6 Å². The van der Waals surface area contributed by atoms with E-state index in [1.807, 2.05) is 24.3 Å². The van der Waals surface area contributed by atoms with Crippen molar-refractivity contribution in [2.45, 2.75) is 28.8 Å². The van der Waals surface area contributed by atoms with Crippen LogP contribution in [-0.4, -0.2) is 58.6 Å². The molecule has 3 aromatic carbocycles. The molecule has 11 heteroatoms. The Balaban J connectivity index is 1.74. The number of anilines is 1. The number of nitrogens with zero attached hydrogens (tertiary/aromatic N) is 2. The van der Waals surface area contributed by atoms with E-state index >= 15 is 0 Å². The molecule has 36 heavy (non-hydrogen) atoms. The van der Waals surface area contributed by atoms with Crippen LogP contribution in [-0.2, 0) is 37.8 Å². The van der Waals surface area contributed by atoms with E-state index in [0.29, 0.717) is 0 Å². The summed E-state index contributed by atoms with van der Waals surface area (Å²) in [6, 6.07) is 18.4. The molecule has 1 heterocycles. The molecule has 3 aromatic rings. The lowest BCUT2D eigenvalue weighted by Crippen LogP contribution is -2.50. The van der Waals surface area contributed by atoms with E-state index in [0.717, 1.165) is 15.4 Å². The molecule has 0 saturated carbocycles. The summed E-state index contributed by atoms with van der Waals surface area (Å²) >= 11 is 0.